The number of nitrogens with zero attached hydrogens (tertiary/aromatic N) is 1. The topological polar surface area (TPSA) is 68.7 Å². The van der Waals surface area contributed by atoms with Crippen LogP contribution in [0.4, 0.5) is 4.39 Å². The number of halogens is 1. The molecule has 6 heteroatoms. The van der Waals surface area contributed by atoms with Crippen LogP contribution in [0.2, 0.25) is 0 Å². The third-order valence-corrected chi connectivity index (χ3v) is 6.42. The smallest absolute Gasteiger partial charge is 0.309 e. The van der Waals surface area contributed by atoms with Gasteiger partial charge in [0.25, 0.3) is 0 Å². The molecule has 1 aliphatic heterocycles. The number of para-hydroxylation sites is 1. The first kappa shape index (κ1) is 26.6. The summed E-state index contributed by atoms with van der Waals surface area (Å²) in [4.78, 5) is 17.0. The van der Waals surface area contributed by atoms with E-state index in [1.54, 1.807) is 12.1 Å². The van der Waals surface area contributed by atoms with Gasteiger partial charge in [0.15, 0.2) is 0 Å². The van der Waals surface area contributed by atoms with Gasteiger partial charge in [0, 0.05) is 17.5 Å². The van der Waals surface area contributed by atoms with Crippen molar-refractivity contribution in [2.24, 2.45) is 0 Å². The van der Waals surface area contributed by atoms with Crippen LogP contribution in [0.1, 0.15) is 74.9 Å². The monoisotopic (exact) mass is 503 g/mol. The van der Waals surface area contributed by atoms with Crippen molar-refractivity contribution >= 4 is 12.0 Å². The van der Waals surface area contributed by atoms with Crippen LogP contribution in [0.25, 0.3) is 17.2 Å². The van der Waals surface area contributed by atoms with Crippen LogP contribution < -0.4 is 4.74 Å². The molecule has 0 aliphatic carbocycles. The standard InChI is InChI=1S/C31H34FNO4/c1-19(2)30-26(15-14-25-16-23(34)17-28(35)37-25)29(21-10-12-22(32)13-11-21)27(31(33-30)20(3)4)18-36-24-8-6-5-7-9-24/h5-15,19-20,23,25,34H,16-18H2,1-4H3/b15-14+/t23-,25-/m0/s1. The first-order valence-corrected chi connectivity index (χ1v) is 12.8. The SMILES string of the molecule is CC(C)c1nc(C(C)C)c(COc2ccccc2)c(-c2ccc(F)cc2)c1/C=C/[C@H]1C[C@H](O)CC(=O)O1. The lowest BCUT2D eigenvalue weighted by Crippen LogP contribution is -2.31. The summed E-state index contributed by atoms with van der Waals surface area (Å²) in [5.41, 5.74) is 5.38. The zero-order chi connectivity index (χ0) is 26.5. The number of carbonyl (C=O) groups is 1. The van der Waals surface area contributed by atoms with E-state index in [4.69, 9.17) is 14.5 Å². The summed E-state index contributed by atoms with van der Waals surface area (Å²) in [6, 6.07) is 16.1. The molecule has 0 radical (unpaired) electrons. The number of rotatable bonds is 8. The van der Waals surface area contributed by atoms with E-state index in [1.807, 2.05) is 42.5 Å². The number of aliphatic hydroxyl groups excluding tert-OH is 1. The van der Waals surface area contributed by atoms with E-state index >= 15 is 0 Å². The van der Waals surface area contributed by atoms with Gasteiger partial charge in [-0.15, -0.1) is 0 Å². The summed E-state index contributed by atoms with van der Waals surface area (Å²) >= 11 is 0. The number of aromatic nitrogens is 1. The quantitative estimate of drug-likeness (QED) is 0.343. The summed E-state index contributed by atoms with van der Waals surface area (Å²) in [5, 5.41) is 10.1. The Morgan fingerprint density at radius 1 is 1.05 bits per heavy atom. The van der Waals surface area contributed by atoms with E-state index in [0.29, 0.717) is 6.42 Å². The van der Waals surface area contributed by atoms with Gasteiger partial charge in [-0.25, -0.2) is 4.39 Å². The molecule has 0 spiro atoms. The maximum absolute atomic E-state index is 13.9. The highest BCUT2D eigenvalue weighted by molar-refractivity contribution is 5.80. The van der Waals surface area contributed by atoms with Crippen molar-refractivity contribution in [2.75, 3.05) is 0 Å². The van der Waals surface area contributed by atoms with Crippen molar-refractivity contribution in [1.29, 1.82) is 0 Å². The summed E-state index contributed by atoms with van der Waals surface area (Å²) < 4.78 is 25.6. The number of aliphatic hydroxyl groups is 1. The van der Waals surface area contributed by atoms with Crippen LogP contribution in [0.5, 0.6) is 5.75 Å². The number of hydrogen-bond donors (Lipinski definition) is 1. The van der Waals surface area contributed by atoms with Crippen LogP contribution in [0.3, 0.4) is 0 Å². The van der Waals surface area contributed by atoms with Gasteiger partial charge in [0.05, 0.1) is 23.9 Å². The minimum atomic E-state index is -0.728. The lowest BCUT2D eigenvalue weighted by Gasteiger charge is -2.25. The fourth-order valence-electron chi connectivity index (χ4n) is 4.66. The zero-order valence-corrected chi connectivity index (χ0v) is 21.8. The van der Waals surface area contributed by atoms with Gasteiger partial charge < -0.3 is 14.6 Å². The van der Waals surface area contributed by atoms with Crippen molar-refractivity contribution in [3.05, 3.63) is 89.0 Å². The fraction of sp³-hybridized carbons (Fsp3) is 0.355. The number of ether oxygens (including phenoxy) is 2. The Hall–Kier alpha value is -3.51. The van der Waals surface area contributed by atoms with Gasteiger partial charge in [0.1, 0.15) is 24.3 Å². The van der Waals surface area contributed by atoms with Gasteiger partial charge in [-0.05, 0) is 53.3 Å². The molecule has 0 saturated carbocycles. The predicted molar refractivity (Wildman–Crippen MR) is 143 cm³/mol. The third-order valence-electron chi connectivity index (χ3n) is 6.42. The van der Waals surface area contributed by atoms with Gasteiger partial charge in [-0.1, -0.05) is 64.1 Å². The average Bonchev–Trinajstić information content (AvgIpc) is 2.86. The van der Waals surface area contributed by atoms with E-state index in [2.05, 4.69) is 27.7 Å². The molecule has 1 aromatic heterocycles. The molecule has 37 heavy (non-hydrogen) atoms. The Kier molecular flexibility index (Phi) is 8.39. The summed E-state index contributed by atoms with van der Waals surface area (Å²) in [6.45, 7) is 8.66. The molecule has 0 bridgehead atoms. The molecule has 4 rings (SSSR count). The van der Waals surface area contributed by atoms with Crippen LogP contribution in [0.15, 0.2) is 60.7 Å². The lowest BCUT2D eigenvalue weighted by atomic mass is 9.87. The molecular formula is C31H34FNO4. The first-order chi connectivity index (χ1) is 17.7. The average molecular weight is 504 g/mol. The minimum Gasteiger partial charge on any atom is -0.489 e. The van der Waals surface area contributed by atoms with E-state index in [0.717, 1.165) is 39.4 Å². The molecule has 2 heterocycles. The number of pyridine rings is 1. The second kappa shape index (κ2) is 11.7. The van der Waals surface area contributed by atoms with Gasteiger partial charge in [0.2, 0.25) is 0 Å². The fourth-order valence-corrected chi connectivity index (χ4v) is 4.66. The predicted octanol–water partition coefficient (Wildman–Crippen LogP) is 6.79. The molecule has 1 saturated heterocycles. The summed E-state index contributed by atoms with van der Waals surface area (Å²) in [6.07, 6.45) is 2.82. The Labute approximate surface area is 218 Å². The summed E-state index contributed by atoms with van der Waals surface area (Å²) in [5.74, 6) is 0.239. The van der Waals surface area contributed by atoms with Gasteiger partial charge >= 0.3 is 5.97 Å². The normalized spacial score (nSPS) is 18.0. The molecule has 1 N–H and O–H groups in total. The molecule has 2 atom stereocenters. The number of hydrogen-bond acceptors (Lipinski definition) is 5. The van der Waals surface area contributed by atoms with Crippen LogP contribution >= 0.6 is 0 Å². The molecule has 0 amide bonds. The maximum Gasteiger partial charge on any atom is 0.309 e. The molecule has 5 nitrogen and oxygen atoms in total. The van der Waals surface area contributed by atoms with E-state index < -0.39 is 18.2 Å². The van der Waals surface area contributed by atoms with Crippen LogP contribution in [0, 0.1) is 5.82 Å². The van der Waals surface area contributed by atoms with Gasteiger partial charge in [-0.2, -0.15) is 0 Å². The number of cyclic esters (lactones) is 1. The van der Waals surface area contributed by atoms with Crippen molar-refractivity contribution in [3.8, 4) is 16.9 Å². The summed E-state index contributed by atoms with van der Waals surface area (Å²) in [7, 11) is 0. The molecule has 1 aliphatic rings. The van der Waals surface area contributed by atoms with E-state index in [1.165, 1.54) is 12.1 Å². The Morgan fingerprint density at radius 3 is 2.35 bits per heavy atom. The molecule has 0 unspecified atom stereocenters. The molecule has 2 aromatic carbocycles. The lowest BCUT2D eigenvalue weighted by molar-refractivity contribution is -0.156. The number of esters is 1. The third kappa shape index (κ3) is 6.44. The Bertz CT molecular complexity index is 1250. The Morgan fingerprint density at radius 2 is 1.73 bits per heavy atom. The molecule has 1 fully saturated rings. The maximum atomic E-state index is 13.9. The molecule has 194 valence electrons. The highest BCUT2D eigenvalue weighted by Gasteiger charge is 2.27. The van der Waals surface area contributed by atoms with Gasteiger partial charge in [-0.3, -0.25) is 9.78 Å². The van der Waals surface area contributed by atoms with Crippen molar-refractivity contribution in [2.45, 2.75) is 71.2 Å². The van der Waals surface area contributed by atoms with Crippen LogP contribution in [-0.2, 0) is 16.1 Å². The van der Waals surface area contributed by atoms with Crippen LogP contribution in [-0.4, -0.2) is 28.3 Å². The Balaban J connectivity index is 1.90. The zero-order valence-electron chi connectivity index (χ0n) is 21.8. The first-order valence-electron chi connectivity index (χ1n) is 12.8. The molecule has 3 aromatic rings. The van der Waals surface area contributed by atoms with E-state index in [9.17, 15) is 14.3 Å². The largest absolute Gasteiger partial charge is 0.489 e. The van der Waals surface area contributed by atoms with Crippen molar-refractivity contribution in [3.63, 3.8) is 0 Å². The highest BCUT2D eigenvalue weighted by atomic mass is 19.1. The second-order valence-electron chi connectivity index (χ2n) is 10.0. The minimum absolute atomic E-state index is 0.00796. The highest BCUT2D eigenvalue weighted by Crippen LogP contribution is 2.38. The van der Waals surface area contributed by atoms with Crippen molar-refractivity contribution in [1.82, 2.24) is 4.98 Å². The number of carbonyl (C=O) groups excluding carboxylic acids is 1. The van der Waals surface area contributed by atoms with Crippen molar-refractivity contribution < 1.29 is 23.8 Å². The number of benzene rings is 2. The van der Waals surface area contributed by atoms with E-state index in [-0.39, 0.29) is 30.7 Å². The second-order valence-corrected chi connectivity index (χ2v) is 10.0. The molecular weight excluding hydrogens is 469 g/mol.